The first-order valence-corrected chi connectivity index (χ1v) is 9.26. The van der Waals surface area contributed by atoms with E-state index in [0.717, 1.165) is 32.1 Å². The summed E-state index contributed by atoms with van der Waals surface area (Å²) in [4.78, 5) is 4.10. The second-order valence-corrected chi connectivity index (χ2v) is 7.79. The van der Waals surface area contributed by atoms with Gasteiger partial charge in [-0.1, -0.05) is 6.07 Å². The average molecular weight is 307 g/mol. The Morgan fingerprint density at radius 2 is 2.14 bits per heavy atom. The Morgan fingerprint density at radius 3 is 2.95 bits per heavy atom. The summed E-state index contributed by atoms with van der Waals surface area (Å²) in [6.07, 6.45) is 7.14. The molecule has 2 saturated heterocycles. The summed E-state index contributed by atoms with van der Waals surface area (Å²) < 4.78 is 12.1. The zero-order valence-electron chi connectivity index (χ0n) is 12.6. The summed E-state index contributed by atoms with van der Waals surface area (Å²) >= 11 is 1.87. The first-order valence-electron chi connectivity index (χ1n) is 8.38. The molecule has 3 heterocycles. The zero-order valence-corrected chi connectivity index (χ0v) is 13.4. The molecular weight excluding hydrogens is 282 g/mol. The van der Waals surface area contributed by atoms with E-state index in [2.05, 4.69) is 22.4 Å². The van der Waals surface area contributed by atoms with Gasteiger partial charge in [0.2, 0.25) is 0 Å². The van der Waals surface area contributed by atoms with Gasteiger partial charge in [0.15, 0.2) is 0 Å². The van der Waals surface area contributed by atoms with Crippen molar-refractivity contribution in [2.24, 2.45) is 5.92 Å². The fraction of sp³-hybridized carbons (Fsp3) is 0.765. The highest BCUT2D eigenvalue weighted by Gasteiger charge is 2.39. The quantitative estimate of drug-likeness (QED) is 0.805. The van der Waals surface area contributed by atoms with Gasteiger partial charge in [-0.3, -0.25) is 4.90 Å². The SMILES string of the molecule is c1csc(CN2CC[C@H]3O[C@@H](COCC4CC4)CC[C@H]32)c1. The van der Waals surface area contributed by atoms with Crippen LogP contribution in [-0.4, -0.2) is 42.9 Å². The summed E-state index contributed by atoms with van der Waals surface area (Å²) in [5.41, 5.74) is 0. The number of hydrogen-bond acceptors (Lipinski definition) is 4. The molecule has 1 aromatic heterocycles. The Labute approximate surface area is 131 Å². The van der Waals surface area contributed by atoms with Crippen LogP contribution >= 0.6 is 11.3 Å². The molecule has 1 saturated carbocycles. The van der Waals surface area contributed by atoms with Crippen molar-refractivity contribution in [1.82, 2.24) is 4.90 Å². The minimum absolute atomic E-state index is 0.340. The summed E-state index contributed by atoms with van der Waals surface area (Å²) in [6, 6.07) is 5.03. The normalized spacial score (nSPS) is 33.2. The van der Waals surface area contributed by atoms with Gasteiger partial charge in [0.05, 0.1) is 18.8 Å². The number of ether oxygens (including phenoxy) is 2. The minimum Gasteiger partial charge on any atom is -0.378 e. The molecule has 0 bridgehead atoms. The Morgan fingerprint density at radius 1 is 1.19 bits per heavy atom. The molecule has 3 atom stereocenters. The predicted molar refractivity (Wildman–Crippen MR) is 84.6 cm³/mol. The number of nitrogens with zero attached hydrogens (tertiary/aromatic N) is 1. The van der Waals surface area contributed by atoms with E-state index in [4.69, 9.17) is 9.47 Å². The third kappa shape index (κ3) is 3.50. The maximum absolute atomic E-state index is 6.30. The molecule has 0 radical (unpaired) electrons. The lowest BCUT2D eigenvalue weighted by Crippen LogP contribution is -2.43. The highest BCUT2D eigenvalue weighted by Crippen LogP contribution is 2.33. The number of fused-ring (bicyclic) bond motifs is 1. The van der Waals surface area contributed by atoms with Gasteiger partial charge in [0, 0.05) is 30.6 Å². The minimum atomic E-state index is 0.340. The lowest BCUT2D eigenvalue weighted by molar-refractivity contribution is -0.101. The van der Waals surface area contributed by atoms with Crippen molar-refractivity contribution in [3.63, 3.8) is 0 Å². The van der Waals surface area contributed by atoms with Crippen LogP contribution < -0.4 is 0 Å². The molecule has 116 valence electrons. The maximum atomic E-state index is 6.30. The Hall–Kier alpha value is -0.420. The molecule has 3 nitrogen and oxygen atoms in total. The molecule has 0 aromatic carbocycles. The maximum Gasteiger partial charge on any atom is 0.0813 e. The van der Waals surface area contributed by atoms with Gasteiger partial charge in [-0.15, -0.1) is 11.3 Å². The van der Waals surface area contributed by atoms with Gasteiger partial charge in [-0.2, -0.15) is 0 Å². The third-order valence-corrected chi connectivity index (χ3v) is 5.91. The molecule has 2 aliphatic heterocycles. The monoisotopic (exact) mass is 307 g/mol. The van der Waals surface area contributed by atoms with Crippen LogP contribution in [0.15, 0.2) is 17.5 Å². The summed E-state index contributed by atoms with van der Waals surface area (Å²) in [7, 11) is 0. The molecular formula is C17H25NO2S. The van der Waals surface area contributed by atoms with E-state index in [1.165, 1.54) is 37.1 Å². The van der Waals surface area contributed by atoms with Crippen molar-refractivity contribution >= 4 is 11.3 Å². The van der Waals surface area contributed by atoms with E-state index in [1.807, 2.05) is 11.3 Å². The fourth-order valence-corrected chi connectivity index (χ4v) is 4.39. The van der Waals surface area contributed by atoms with E-state index in [9.17, 15) is 0 Å². The molecule has 1 aromatic rings. The lowest BCUT2D eigenvalue weighted by atomic mass is 9.99. The van der Waals surface area contributed by atoms with E-state index >= 15 is 0 Å². The summed E-state index contributed by atoms with van der Waals surface area (Å²) in [5, 5.41) is 2.17. The average Bonchev–Trinajstić information content (AvgIpc) is 3.03. The fourth-order valence-electron chi connectivity index (χ4n) is 3.66. The molecule has 0 amide bonds. The van der Waals surface area contributed by atoms with Crippen LogP contribution in [-0.2, 0) is 16.0 Å². The van der Waals surface area contributed by atoms with E-state index < -0.39 is 0 Å². The van der Waals surface area contributed by atoms with Gasteiger partial charge in [0.1, 0.15) is 0 Å². The van der Waals surface area contributed by atoms with Crippen molar-refractivity contribution < 1.29 is 9.47 Å². The molecule has 0 spiro atoms. The lowest BCUT2D eigenvalue weighted by Gasteiger charge is -2.35. The standard InChI is InChI=1S/C17H25NO2S/c1-2-15(21-9-1)10-18-8-7-17-16(18)6-5-14(20-17)12-19-11-13-3-4-13/h1-2,9,13-14,16-17H,3-8,10-12H2/t14-,16-,17-/m1/s1. The zero-order chi connectivity index (χ0) is 14.1. The molecule has 21 heavy (non-hydrogen) atoms. The number of likely N-dealkylation sites (tertiary alicyclic amines) is 1. The molecule has 3 aliphatic rings. The van der Waals surface area contributed by atoms with Crippen LogP contribution in [0.1, 0.15) is 37.0 Å². The van der Waals surface area contributed by atoms with Gasteiger partial charge in [-0.25, -0.2) is 0 Å². The highest BCUT2D eigenvalue weighted by atomic mass is 32.1. The van der Waals surface area contributed by atoms with Gasteiger partial charge >= 0.3 is 0 Å². The Balaban J connectivity index is 1.25. The second-order valence-electron chi connectivity index (χ2n) is 6.76. The van der Waals surface area contributed by atoms with Crippen LogP contribution in [0, 0.1) is 5.92 Å². The van der Waals surface area contributed by atoms with Gasteiger partial charge in [0.25, 0.3) is 0 Å². The van der Waals surface area contributed by atoms with Gasteiger partial charge in [-0.05, 0) is 49.5 Å². The summed E-state index contributed by atoms with van der Waals surface area (Å²) in [6.45, 7) is 4.05. The Bertz CT molecular complexity index is 446. The van der Waals surface area contributed by atoms with Crippen molar-refractivity contribution in [1.29, 1.82) is 0 Å². The summed E-state index contributed by atoms with van der Waals surface area (Å²) in [5.74, 6) is 0.856. The molecule has 4 rings (SSSR count). The molecule has 0 unspecified atom stereocenters. The van der Waals surface area contributed by atoms with Crippen molar-refractivity contribution in [2.45, 2.75) is 56.9 Å². The molecule has 1 aliphatic carbocycles. The van der Waals surface area contributed by atoms with Crippen LogP contribution in [0.2, 0.25) is 0 Å². The second kappa shape index (κ2) is 6.37. The first-order chi connectivity index (χ1) is 10.4. The van der Waals surface area contributed by atoms with Crippen LogP contribution in [0.3, 0.4) is 0 Å². The topological polar surface area (TPSA) is 21.7 Å². The first kappa shape index (κ1) is 14.2. The largest absolute Gasteiger partial charge is 0.378 e. The van der Waals surface area contributed by atoms with Crippen LogP contribution in [0.5, 0.6) is 0 Å². The van der Waals surface area contributed by atoms with Gasteiger partial charge < -0.3 is 9.47 Å². The van der Waals surface area contributed by atoms with Crippen molar-refractivity contribution in [2.75, 3.05) is 19.8 Å². The number of thiophene rings is 1. The highest BCUT2D eigenvalue weighted by molar-refractivity contribution is 7.09. The van der Waals surface area contributed by atoms with Crippen LogP contribution in [0.4, 0.5) is 0 Å². The van der Waals surface area contributed by atoms with Crippen molar-refractivity contribution in [3.05, 3.63) is 22.4 Å². The molecule has 4 heteroatoms. The number of hydrogen-bond donors (Lipinski definition) is 0. The smallest absolute Gasteiger partial charge is 0.0813 e. The molecule has 3 fully saturated rings. The number of rotatable bonds is 6. The van der Waals surface area contributed by atoms with E-state index in [1.54, 1.807) is 0 Å². The van der Waals surface area contributed by atoms with E-state index in [0.29, 0.717) is 18.2 Å². The van der Waals surface area contributed by atoms with E-state index in [-0.39, 0.29) is 0 Å². The third-order valence-electron chi connectivity index (χ3n) is 5.04. The van der Waals surface area contributed by atoms with Crippen LogP contribution in [0.25, 0.3) is 0 Å². The Kier molecular flexibility index (Phi) is 4.30. The molecule has 0 N–H and O–H groups in total. The van der Waals surface area contributed by atoms with Crippen molar-refractivity contribution in [3.8, 4) is 0 Å². The predicted octanol–water partition coefficient (Wildman–Crippen LogP) is 3.30.